The van der Waals surface area contributed by atoms with Crippen LogP contribution in [0.15, 0.2) is 21.3 Å². The molecule has 0 radical (unpaired) electrons. The number of carboxylic acids is 1. The molecule has 9 nitrogen and oxygen atoms in total. The van der Waals surface area contributed by atoms with Crippen LogP contribution in [0.3, 0.4) is 0 Å². The summed E-state index contributed by atoms with van der Waals surface area (Å²) >= 11 is 0. The van der Waals surface area contributed by atoms with Crippen molar-refractivity contribution >= 4 is 34.7 Å². The zero-order chi connectivity index (χ0) is 20.6. The number of anilines is 2. The van der Waals surface area contributed by atoms with Crippen LogP contribution in [0, 0.1) is 6.92 Å². The molecule has 9 heteroatoms. The lowest BCUT2D eigenvalue weighted by Gasteiger charge is -2.21. The van der Waals surface area contributed by atoms with E-state index in [4.69, 9.17) is 14.3 Å². The summed E-state index contributed by atoms with van der Waals surface area (Å²) in [4.78, 5) is 39.7. The minimum absolute atomic E-state index is 0.183. The lowest BCUT2D eigenvalue weighted by Crippen LogP contribution is -2.40. The molecule has 0 fully saturated rings. The first-order valence-electron chi connectivity index (χ1n) is 8.26. The van der Waals surface area contributed by atoms with Gasteiger partial charge in [0.2, 0.25) is 0 Å². The maximum Gasteiger partial charge on any atom is 0.412 e. The third-order valence-electron chi connectivity index (χ3n) is 3.65. The van der Waals surface area contributed by atoms with E-state index in [0.29, 0.717) is 16.8 Å². The van der Waals surface area contributed by atoms with Gasteiger partial charge in [0.05, 0.1) is 10.9 Å². The number of fused-ring (bicyclic) bond motifs is 1. The van der Waals surface area contributed by atoms with Crippen LogP contribution in [0.2, 0.25) is 0 Å². The standard InChI is InChI=1S/C18H23N3O6/c1-9-10(20-16(25)27-17(2,3)4)7-8-11-12(9)13(22)26-15(19-11)21-18(5,6)14(23)24/h7-8H,1-6H3,(H,19,21)(H,20,25)(H,23,24). The van der Waals surface area contributed by atoms with Crippen LogP contribution < -0.4 is 16.3 Å². The number of rotatable bonds is 4. The van der Waals surface area contributed by atoms with Crippen molar-refractivity contribution in [2.24, 2.45) is 0 Å². The maximum atomic E-state index is 12.4. The van der Waals surface area contributed by atoms with Crippen molar-refractivity contribution in [3.8, 4) is 0 Å². The first-order chi connectivity index (χ1) is 12.3. The first kappa shape index (κ1) is 20.2. The third kappa shape index (κ3) is 4.75. The number of aromatic nitrogens is 1. The number of carbonyl (C=O) groups excluding carboxylic acids is 1. The van der Waals surface area contributed by atoms with Gasteiger partial charge in [-0.3, -0.25) is 5.32 Å². The molecule has 0 aliphatic heterocycles. The van der Waals surface area contributed by atoms with E-state index >= 15 is 0 Å². The van der Waals surface area contributed by atoms with Crippen LogP contribution in [-0.2, 0) is 9.53 Å². The Kier molecular flexibility index (Phi) is 5.17. The Hall–Kier alpha value is -3.10. The van der Waals surface area contributed by atoms with E-state index in [2.05, 4.69) is 15.6 Å². The zero-order valence-corrected chi connectivity index (χ0v) is 16.1. The lowest BCUT2D eigenvalue weighted by molar-refractivity contribution is -0.141. The van der Waals surface area contributed by atoms with E-state index in [9.17, 15) is 14.4 Å². The number of carbonyl (C=O) groups is 2. The topological polar surface area (TPSA) is 131 Å². The molecule has 0 aliphatic rings. The number of amides is 1. The van der Waals surface area contributed by atoms with Crippen molar-refractivity contribution < 1.29 is 23.8 Å². The fraction of sp³-hybridized carbons (Fsp3) is 0.444. The molecule has 0 saturated carbocycles. The van der Waals surface area contributed by atoms with Gasteiger partial charge in [-0.2, -0.15) is 4.98 Å². The van der Waals surface area contributed by atoms with Crippen molar-refractivity contribution in [3.05, 3.63) is 28.1 Å². The number of ether oxygens (including phenoxy) is 1. The summed E-state index contributed by atoms with van der Waals surface area (Å²) in [5.74, 6) is -1.12. The number of carboxylic acid groups (broad SMARTS) is 1. The number of benzene rings is 1. The molecule has 0 unspecified atom stereocenters. The minimum Gasteiger partial charge on any atom is -0.480 e. The Balaban J connectivity index is 2.40. The van der Waals surface area contributed by atoms with E-state index in [1.165, 1.54) is 19.9 Å². The predicted octanol–water partition coefficient (Wildman–Crippen LogP) is 3.12. The van der Waals surface area contributed by atoms with Gasteiger partial charge in [-0.05, 0) is 59.2 Å². The van der Waals surface area contributed by atoms with Gasteiger partial charge >= 0.3 is 17.7 Å². The largest absolute Gasteiger partial charge is 0.480 e. The van der Waals surface area contributed by atoms with Crippen LogP contribution in [0.5, 0.6) is 0 Å². The molecule has 27 heavy (non-hydrogen) atoms. The molecule has 2 aromatic rings. The van der Waals surface area contributed by atoms with E-state index in [1.807, 2.05) is 0 Å². The molecular formula is C18H23N3O6. The summed E-state index contributed by atoms with van der Waals surface area (Å²) in [7, 11) is 0. The fourth-order valence-corrected chi connectivity index (χ4v) is 2.24. The normalized spacial score (nSPS) is 11.9. The van der Waals surface area contributed by atoms with Gasteiger partial charge in [-0.15, -0.1) is 0 Å². The molecular weight excluding hydrogens is 354 g/mol. The SMILES string of the molecule is Cc1c(NC(=O)OC(C)(C)C)ccc2nc(NC(C)(C)C(=O)O)oc(=O)c12. The van der Waals surface area contributed by atoms with Crippen LogP contribution in [0.1, 0.15) is 40.2 Å². The molecule has 3 N–H and O–H groups in total. The first-order valence-corrected chi connectivity index (χ1v) is 8.26. The number of aliphatic carboxylic acids is 1. The molecule has 1 aromatic carbocycles. The Morgan fingerprint density at radius 3 is 2.37 bits per heavy atom. The summed E-state index contributed by atoms with van der Waals surface area (Å²) < 4.78 is 10.3. The van der Waals surface area contributed by atoms with Crippen LogP contribution in [0.25, 0.3) is 10.9 Å². The Morgan fingerprint density at radius 2 is 1.81 bits per heavy atom. The number of nitrogens with one attached hydrogen (secondary N) is 2. The maximum absolute atomic E-state index is 12.4. The molecule has 0 atom stereocenters. The highest BCUT2D eigenvalue weighted by Gasteiger charge is 2.28. The van der Waals surface area contributed by atoms with E-state index in [-0.39, 0.29) is 11.4 Å². The van der Waals surface area contributed by atoms with Crippen molar-refractivity contribution in [1.82, 2.24) is 4.98 Å². The lowest BCUT2D eigenvalue weighted by atomic mass is 10.1. The second-order valence-corrected chi connectivity index (χ2v) is 7.62. The van der Waals surface area contributed by atoms with E-state index < -0.39 is 28.8 Å². The van der Waals surface area contributed by atoms with Crippen LogP contribution in [0.4, 0.5) is 16.5 Å². The van der Waals surface area contributed by atoms with Gasteiger partial charge < -0.3 is 19.6 Å². The predicted molar refractivity (Wildman–Crippen MR) is 100 cm³/mol. The van der Waals surface area contributed by atoms with Crippen molar-refractivity contribution in [2.75, 3.05) is 10.6 Å². The molecule has 1 amide bonds. The average Bonchev–Trinajstić information content (AvgIpc) is 2.47. The molecule has 0 saturated heterocycles. The summed E-state index contributed by atoms with van der Waals surface area (Å²) in [6, 6.07) is 2.91. The zero-order valence-electron chi connectivity index (χ0n) is 16.1. The Labute approximate surface area is 155 Å². The number of aryl methyl sites for hydroxylation is 1. The smallest absolute Gasteiger partial charge is 0.412 e. The monoisotopic (exact) mass is 377 g/mol. The highest BCUT2D eigenvalue weighted by atomic mass is 16.6. The van der Waals surface area contributed by atoms with Gasteiger partial charge in [-0.1, -0.05) is 0 Å². The van der Waals surface area contributed by atoms with Crippen LogP contribution in [-0.4, -0.2) is 33.3 Å². The summed E-state index contributed by atoms with van der Waals surface area (Å²) in [6.45, 7) is 9.70. The van der Waals surface area contributed by atoms with Crippen molar-refractivity contribution in [2.45, 2.75) is 52.7 Å². The fourth-order valence-electron chi connectivity index (χ4n) is 2.24. The number of hydrogen-bond acceptors (Lipinski definition) is 7. The summed E-state index contributed by atoms with van der Waals surface area (Å²) in [5.41, 5.74) is -1.58. The van der Waals surface area contributed by atoms with Gasteiger partial charge in [0, 0.05) is 5.69 Å². The summed E-state index contributed by atoms with van der Waals surface area (Å²) in [5, 5.41) is 14.5. The van der Waals surface area contributed by atoms with Gasteiger partial charge in [0.25, 0.3) is 6.01 Å². The highest BCUT2D eigenvalue weighted by molar-refractivity contribution is 5.93. The third-order valence-corrected chi connectivity index (χ3v) is 3.65. The van der Waals surface area contributed by atoms with Gasteiger partial charge in [0.15, 0.2) is 0 Å². The molecule has 0 spiro atoms. The molecule has 146 valence electrons. The molecule has 1 aromatic heterocycles. The van der Waals surface area contributed by atoms with Crippen molar-refractivity contribution in [3.63, 3.8) is 0 Å². The Bertz CT molecular complexity index is 956. The summed E-state index contributed by atoms with van der Waals surface area (Å²) in [6.07, 6.45) is -0.649. The second kappa shape index (κ2) is 6.90. The number of hydrogen-bond donors (Lipinski definition) is 3. The average molecular weight is 377 g/mol. The van der Waals surface area contributed by atoms with Gasteiger partial charge in [0.1, 0.15) is 11.1 Å². The van der Waals surface area contributed by atoms with E-state index in [1.54, 1.807) is 33.8 Å². The number of nitrogens with zero attached hydrogens (tertiary/aromatic N) is 1. The molecule has 0 aliphatic carbocycles. The van der Waals surface area contributed by atoms with Gasteiger partial charge in [-0.25, -0.2) is 14.4 Å². The Morgan fingerprint density at radius 1 is 1.19 bits per heavy atom. The van der Waals surface area contributed by atoms with Crippen LogP contribution >= 0.6 is 0 Å². The highest BCUT2D eigenvalue weighted by Crippen LogP contribution is 2.24. The molecule has 1 heterocycles. The minimum atomic E-state index is -1.37. The van der Waals surface area contributed by atoms with Crippen molar-refractivity contribution in [1.29, 1.82) is 0 Å². The quantitative estimate of drug-likeness (QED) is 0.741. The molecule has 2 rings (SSSR count). The second-order valence-electron chi connectivity index (χ2n) is 7.62. The molecule has 0 bridgehead atoms. The van der Waals surface area contributed by atoms with E-state index in [0.717, 1.165) is 0 Å².